The number of nitrogens with zero attached hydrogens (tertiary/aromatic N) is 5. The Morgan fingerprint density at radius 3 is 2.88 bits per heavy atom. The lowest BCUT2D eigenvalue weighted by molar-refractivity contribution is 0.0641. The first-order valence-corrected chi connectivity index (χ1v) is 8.76. The van der Waals surface area contributed by atoms with Crippen LogP contribution in [0.15, 0.2) is 33.7 Å². The van der Waals surface area contributed by atoms with Gasteiger partial charge in [0, 0.05) is 23.2 Å². The van der Waals surface area contributed by atoms with Crippen molar-refractivity contribution in [3.05, 3.63) is 50.6 Å². The van der Waals surface area contributed by atoms with Crippen molar-refractivity contribution in [3.8, 4) is 0 Å². The third-order valence-corrected chi connectivity index (χ3v) is 5.06. The minimum absolute atomic E-state index is 0.0241. The molecular weight excluding hydrogens is 393 g/mol. The van der Waals surface area contributed by atoms with Gasteiger partial charge in [-0.3, -0.25) is 9.48 Å². The third kappa shape index (κ3) is 3.09. The van der Waals surface area contributed by atoms with Crippen molar-refractivity contribution < 1.29 is 9.13 Å². The van der Waals surface area contributed by atoms with Crippen molar-refractivity contribution in [2.45, 2.75) is 25.4 Å². The fraction of sp³-hybridized carbons (Fsp3) is 0.375. The highest BCUT2D eigenvalue weighted by Crippen LogP contribution is 2.21. The van der Waals surface area contributed by atoms with Gasteiger partial charge in [0.05, 0.1) is 18.8 Å². The lowest BCUT2D eigenvalue weighted by atomic mass is 10.1. The van der Waals surface area contributed by atoms with Gasteiger partial charge in [-0.15, -0.1) is 5.10 Å². The van der Waals surface area contributed by atoms with Gasteiger partial charge in [-0.2, -0.15) is 5.10 Å². The average molecular weight is 408 g/mol. The molecule has 1 fully saturated rings. The Kier molecular flexibility index (Phi) is 4.34. The zero-order valence-electron chi connectivity index (χ0n) is 13.2. The van der Waals surface area contributed by atoms with E-state index in [4.69, 9.17) is 4.74 Å². The number of rotatable bonds is 3. The first kappa shape index (κ1) is 16.3. The van der Waals surface area contributed by atoms with Crippen LogP contribution in [-0.2, 0) is 11.3 Å². The molecule has 0 unspecified atom stereocenters. The Bertz CT molecular complexity index is 960. The predicted octanol–water partition coefficient (Wildman–Crippen LogP) is 2.29. The van der Waals surface area contributed by atoms with E-state index in [-0.39, 0.29) is 29.5 Å². The van der Waals surface area contributed by atoms with Gasteiger partial charge in [0.15, 0.2) is 5.52 Å². The molecule has 0 amide bonds. The summed E-state index contributed by atoms with van der Waals surface area (Å²) >= 11 is 3.34. The van der Waals surface area contributed by atoms with E-state index in [1.807, 2.05) is 0 Å². The van der Waals surface area contributed by atoms with Crippen LogP contribution in [0.2, 0.25) is 0 Å². The SMILES string of the molecule is O=c1c2nn(Cc3c(F)cccc3Br)cc2nnn1C1CCOCC1. The van der Waals surface area contributed by atoms with Gasteiger partial charge in [-0.1, -0.05) is 27.2 Å². The summed E-state index contributed by atoms with van der Waals surface area (Å²) in [7, 11) is 0. The Labute approximate surface area is 150 Å². The smallest absolute Gasteiger partial charge is 0.298 e. The van der Waals surface area contributed by atoms with Crippen molar-refractivity contribution in [1.82, 2.24) is 24.8 Å². The van der Waals surface area contributed by atoms with E-state index in [2.05, 4.69) is 31.3 Å². The van der Waals surface area contributed by atoms with Gasteiger partial charge in [0.25, 0.3) is 5.56 Å². The molecule has 2 aromatic heterocycles. The highest BCUT2D eigenvalue weighted by atomic mass is 79.9. The number of halogens is 2. The largest absolute Gasteiger partial charge is 0.381 e. The van der Waals surface area contributed by atoms with Gasteiger partial charge < -0.3 is 4.74 Å². The maximum absolute atomic E-state index is 14.0. The molecule has 3 heterocycles. The van der Waals surface area contributed by atoms with E-state index in [0.29, 0.717) is 28.8 Å². The number of hydrogen-bond acceptors (Lipinski definition) is 5. The fourth-order valence-electron chi connectivity index (χ4n) is 2.98. The maximum Gasteiger partial charge on any atom is 0.298 e. The number of benzene rings is 1. The lowest BCUT2D eigenvalue weighted by Crippen LogP contribution is -2.32. The molecule has 25 heavy (non-hydrogen) atoms. The molecule has 1 saturated heterocycles. The molecule has 0 bridgehead atoms. The van der Waals surface area contributed by atoms with Crippen LogP contribution in [0.5, 0.6) is 0 Å². The first-order valence-electron chi connectivity index (χ1n) is 7.97. The summed E-state index contributed by atoms with van der Waals surface area (Å²) in [5.41, 5.74) is 0.839. The Hall–Kier alpha value is -2.13. The molecule has 4 rings (SSSR count). The van der Waals surface area contributed by atoms with E-state index >= 15 is 0 Å². The third-order valence-electron chi connectivity index (χ3n) is 4.32. The van der Waals surface area contributed by atoms with Gasteiger partial charge >= 0.3 is 0 Å². The normalized spacial score (nSPS) is 15.8. The van der Waals surface area contributed by atoms with Crippen LogP contribution in [0.4, 0.5) is 4.39 Å². The van der Waals surface area contributed by atoms with Crippen molar-refractivity contribution in [1.29, 1.82) is 0 Å². The zero-order chi connectivity index (χ0) is 17.4. The molecule has 1 aliphatic rings. The van der Waals surface area contributed by atoms with Crippen molar-refractivity contribution in [2.75, 3.05) is 13.2 Å². The summed E-state index contributed by atoms with van der Waals surface area (Å²) in [5, 5.41) is 12.5. The summed E-state index contributed by atoms with van der Waals surface area (Å²) in [5.74, 6) is -0.334. The molecule has 0 N–H and O–H groups in total. The van der Waals surface area contributed by atoms with Crippen LogP contribution in [0, 0.1) is 5.82 Å². The number of fused-ring (bicyclic) bond motifs is 1. The van der Waals surface area contributed by atoms with Crippen molar-refractivity contribution in [2.24, 2.45) is 0 Å². The highest BCUT2D eigenvalue weighted by molar-refractivity contribution is 9.10. The Morgan fingerprint density at radius 1 is 1.32 bits per heavy atom. The second-order valence-electron chi connectivity index (χ2n) is 5.94. The average Bonchev–Trinajstić information content (AvgIpc) is 3.03. The molecule has 3 aromatic rings. The molecule has 9 heteroatoms. The standard InChI is InChI=1S/C16H15BrFN5O2/c17-12-2-1-3-13(18)11(12)8-22-9-14-15(20-22)16(24)23(21-19-14)10-4-6-25-7-5-10/h1-3,9-10H,4-8H2. The van der Waals surface area contributed by atoms with Crippen molar-refractivity contribution >= 4 is 27.0 Å². The molecule has 1 aromatic carbocycles. The van der Waals surface area contributed by atoms with Crippen LogP contribution >= 0.6 is 15.9 Å². The molecule has 0 radical (unpaired) electrons. The minimum atomic E-state index is -0.334. The summed E-state index contributed by atoms with van der Waals surface area (Å²) in [6, 6.07) is 4.76. The summed E-state index contributed by atoms with van der Waals surface area (Å²) < 4.78 is 22.9. The minimum Gasteiger partial charge on any atom is -0.381 e. The highest BCUT2D eigenvalue weighted by Gasteiger charge is 2.21. The molecular formula is C16H15BrFN5O2. The van der Waals surface area contributed by atoms with Crippen molar-refractivity contribution in [3.63, 3.8) is 0 Å². The molecule has 1 aliphatic heterocycles. The molecule has 0 atom stereocenters. The van der Waals surface area contributed by atoms with Gasteiger partial charge in [0.2, 0.25) is 0 Å². The molecule has 130 valence electrons. The van der Waals surface area contributed by atoms with E-state index in [1.54, 1.807) is 18.3 Å². The number of aromatic nitrogens is 5. The Morgan fingerprint density at radius 2 is 2.12 bits per heavy atom. The van der Waals surface area contributed by atoms with E-state index < -0.39 is 0 Å². The van der Waals surface area contributed by atoms with E-state index in [1.165, 1.54) is 15.4 Å². The second kappa shape index (κ2) is 6.64. The quantitative estimate of drug-likeness (QED) is 0.665. The first-order chi connectivity index (χ1) is 12.1. The molecule has 0 saturated carbocycles. The second-order valence-corrected chi connectivity index (χ2v) is 6.80. The summed E-state index contributed by atoms with van der Waals surface area (Å²) in [6.45, 7) is 1.40. The lowest BCUT2D eigenvalue weighted by Gasteiger charge is -2.21. The van der Waals surface area contributed by atoms with Crippen LogP contribution in [0.25, 0.3) is 11.0 Å². The number of hydrogen-bond donors (Lipinski definition) is 0. The topological polar surface area (TPSA) is 74.8 Å². The summed E-state index contributed by atoms with van der Waals surface area (Å²) in [4.78, 5) is 12.7. The Balaban J connectivity index is 1.71. The molecule has 7 nitrogen and oxygen atoms in total. The monoisotopic (exact) mass is 407 g/mol. The van der Waals surface area contributed by atoms with E-state index in [0.717, 1.165) is 12.8 Å². The maximum atomic E-state index is 14.0. The van der Waals surface area contributed by atoms with Gasteiger partial charge in [-0.25, -0.2) is 9.07 Å². The van der Waals surface area contributed by atoms with Crippen LogP contribution in [0.3, 0.4) is 0 Å². The van der Waals surface area contributed by atoms with Gasteiger partial charge in [-0.05, 0) is 25.0 Å². The van der Waals surface area contributed by atoms with E-state index in [9.17, 15) is 9.18 Å². The zero-order valence-corrected chi connectivity index (χ0v) is 14.8. The van der Waals surface area contributed by atoms with Crippen LogP contribution < -0.4 is 5.56 Å². The predicted molar refractivity (Wildman–Crippen MR) is 91.9 cm³/mol. The molecule has 0 aliphatic carbocycles. The molecule has 0 spiro atoms. The van der Waals surface area contributed by atoms with Crippen LogP contribution in [-0.4, -0.2) is 38.0 Å². The summed E-state index contributed by atoms with van der Waals surface area (Å²) in [6.07, 6.45) is 3.06. The number of ether oxygens (including phenoxy) is 1. The van der Waals surface area contributed by atoms with Crippen LogP contribution in [0.1, 0.15) is 24.4 Å². The fourth-order valence-corrected chi connectivity index (χ4v) is 3.44. The van der Waals surface area contributed by atoms with Gasteiger partial charge in [0.1, 0.15) is 11.3 Å².